The lowest BCUT2D eigenvalue weighted by Crippen LogP contribution is -2.35. The molecular formula is C22H35NO2. The number of carbonyl (C=O) groups is 1. The molecule has 1 fully saturated rings. The van der Waals surface area contributed by atoms with E-state index in [0.717, 1.165) is 18.6 Å². The molecule has 3 nitrogen and oxygen atoms in total. The molecule has 1 aliphatic rings. The zero-order valence-electron chi connectivity index (χ0n) is 16.1. The van der Waals surface area contributed by atoms with Crippen LogP contribution in [-0.4, -0.2) is 18.1 Å². The molecule has 25 heavy (non-hydrogen) atoms. The second kappa shape index (κ2) is 11.2. The Morgan fingerprint density at radius 3 is 2.08 bits per heavy atom. The minimum Gasteiger partial charge on any atom is -0.491 e. The monoisotopic (exact) mass is 345 g/mol. The van der Waals surface area contributed by atoms with Crippen LogP contribution in [0.15, 0.2) is 24.3 Å². The number of benzene rings is 1. The molecule has 1 aromatic rings. The summed E-state index contributed by atoms with van der Waals surface area (Å²) in [5, 5.41) is 3.27. The van der Waals surface area contributed by atoms with Crippen LogP contribution >= 0.6 is 0 Å². The second-order valence-electron chi connectivity index (χ2n) is 7.62. The molecule has 0 aromatic heterocycles. The number of hydrogen-bond donors (Lipinski definition) is 1. The van der Waals surface area contributed by atoms with Crippen LogP contribution in [0, 0.1) is 0 Å². The quantitative estimate of drug-likeness (QED) is 0.740. The maximum Gasteiger partial charge on any atom is 0.251 e. The molecule has 1 saturated carbocycles. The van der Waals surface area contributed by atoms with E-state index in [2.05, 4.69) is 5.32 Å². The largest absolute Gasteiger partial charge is 0.491 e. The third-order valence-electron chi connectivity index (χ3n) is 4.91. The molecule has 0 bridgehead atoms. The van der Waals surface area contributed by atoms with Gasteiger partial charge in [-0.3, -0.25) is 4.79 Å². The maximum atomic E-state index is 12.7. The van der Waals surface area contributed by atoms with Gasteiger partial charge in [-0.15, -0.1) is 0 Å². The van der Waals surface area contributed by atoms with Gasteiger partial charge in [0.25, 0.3) is 5.91 Å². The summed E-state index contributed by atoms with van der Waals surface area (Å²) < 4.78 is 5.71. The van der Waals surface area contributed by atoms with Crippen LogP contribution in [0.25, 0.3) is 0 Å². The number of carbonyl (C=O) groups excluding carboxylic acids is 1. The Balaban J connectivity index is 1.91. The van der Waals surface area contributed by atoms with Gasteiger partial charge >= 0.3 is 0 Å². The highest BCUT2D eigenvalue weighted by atomic mass is 16.5. The van der Waals surface area contributed by atoms with E-state index in [1.54, 1.807) is 0 Å². The van der Waals surface area contributed by atoms with Crippen LogP contribution in [0.5, 0.6) is 5.75 Å². The number of ether oxygens (including phenoxy) is 1. The molecule has 0 saturated heterocycles. The molecule has 1 aromatic carbocycles. The molecule has 3 heteroatoms. The highest BCUT2D eigenvalue weighted by molar-refractivity contribution is 5.94. The molecule has 0 spiro atoms. The zero-order chi connectivity index (χ0) is 17.9. The van der Waals surface area contributed by atoms with E-state index in [-0.39, 0.29) is 12.0 Å². The first-order valence-electron chi connectivity index (χ1n) is 10.2. The number of amides is 1. The molecule has 0 radical (unpaired) electrons. The van der Waals surface area contributed by atoms with Gasteiger partial charge in [0.05, 0.1) is 6.10 Å². The summed E-state index contributed by atoms with van der Waals surface area (Å²) >= 11 is 0. The molecule has 0 heterocycles. The third-order valence-corrected chi connectivity index (χ3v) is 4.91. The van der Waals surface area contributed by atoms with E-state index in [1.807, 2.05) is 38.1 Å². The van der Waals surface area contributed by atoms with Crippen LogP contribution in [0.1, 0.15) is 94.8 Å². The lowest BCUT2D eigenvalue weighted by molar-refractivity contribution is 0.0930. The van der Waals surface area contributed by atoms with E-state index < -0.39 is 0 Å². The van der Waals surface area contributed by atoms with Crippen molar-refractivity contribution >= 4 is 5.91 Å². The Labute approximate surface area is 153 Å². The van der Waals surface area contributed by atoms with Gasteiger partial charge < -0.3 is 10.1 Å². The molecule has 0 unspecified atom stereocenters. The van der Waals surface area contributed by atoms with E-state index in [9.17, 15) is 4.79 Å². The molecule has 140 valence electrons. The van der Waals surface area contributed by atoms with Crippen molar-refractivity contribution in [3.05, 3.63) is 29.8 Å². The van der Waals surface area contributed by atoms with Crippen molar-refractivity contribution in [2.45, 2.75) is 96.6 Å². The molecule has 1 N–H and O–H groups in total. The smallest absolute Gasteiger partial charge is 0.251 e. The Bertz CT molecular complexity index is 501. The summed E-state index contributed by atoms with van der Waals surface area (Å²) in [5.74, 6) is 0.799. The molecule has 2 rings (SSSR count). The SMILES string of the molecule is CC(C)Oc1cccc(C(=O)NC2CCCCCCCCCCC2)c1. The van der Waals surface area contributed by atoms with E-state index >= 15 is 0 Å². The second-order valence-corrected chi connectivity index (χ2v) is 7.62. The zero-order valence-corrected chi connectivity index (χ0v) is 16.1. The van der Waals surface area contributed by atoms with E-state index in [4.69, 9.17) is 4.74 Å². The molecule has 1 amide bonds. The summed E-state index contributed by atoms with van der Waals surface area (Å²) in [6, 6.07) is 7.84. The molecular weight excluding hydrogens is 310 g/mol. The third kappa shape index (κ3) is 7.94. The van der Waals surface area contributed by atoms with Crippen molar-refractivity contribution in [2.75, 3.05) is 0 Å². The fourth-order valence-electron chi connectivity index (χ4n) is 3.56. The van der Waals surface area contributed by atoms with E-state index in [0.29, 0.717) is 11.6 Å². The maximum absolute atomic E-state index is 12.7. The van der Waals surface area contributed by atoms with Gasteiger partial charge in [-0.2, -0.15) is 0 Å². The van der Waals surface area contributed by atoms with Crippen molar-refractivity contribution in [3.63, 3.8) is 0 Å². The summed E-state index contributed by atoms with van der Waals surface area (Å²) in [5.41, 5.74) is 0.698. The van der Waals surface area contributed by atoms with Crippen molar-refractivity contribution in [2.24, 2.45) is 0 Å². The number of hydrogen-bond acceptors (Lipinski definition) is 2. The number of rotatable bonds is 4. The fourth-order valence-corrected chi connectivity index (χ4v) is 3.56. The van der Waals surface area contributed by atoms with Crippen LogP contribution in [0.3, 0.4) is 0 Å². The highest BCUT2D eigenvalue weighted by Crippen LogP contribution is 2.19. The van der Waals surface area contributed by atoms with Crippen molar-refractivity contribution in [1.82, 2.24) is 5.32 Å². The summed E-state index contributed by atoms with van der Waals surface area (Å²) in [6.07, 6.45) is 14.2. The van der Waals surface area contributed by atoms with Crippen LogP contribution in [-0.2, 0) is 0 Å². The average Bonchev–Trinajstić information content (AvgIpc) is 2.57. The molecule has 1 aliphatic carbocycles. The van der Waals surface area contributed by atoms with Crippen LogP contribution < -0.4 is 10.1 Å². The minimum absolute atomic E-state index is 0.0336. The molecule has 0 atom stereocenters. The van der Waals surface area contributed by atoms with Gasteiger partial charge in [-0.1, -0.05) is 63.9 Å². The van der Waals surface area contributed by atoms with Crippen LogP contribution in [0.4, 0.5) is 0 Å². The average molecular weight is 346 g/mol. The highest BCUT2D eigenvalue weighted by Gasteiger charge is 2.14. The summed E-state index contributed by atoms with van der Waals surface area (Å²) in [4.78, 5) is 12.7. The van der Waals surface area contributed by atoms with Gasteiger partial charge in [0.15, 0.2) is 0 Å². The lowest BCUT2D eigenvalue weighted by atomic mass is 9.97. The Morgan fingerprint density at radius 2 is 1.52 bits per heavy atom. The van der Waals surface area contributed by atoms with Crippen molar-refractivity contribution in [1.29, 1.82) is 0 Å². The minimum atomic E-state index is 0.0336. The van der Waals surface area contributed by atoms with Crippen molar-refractivity contribution in [3.8, 4) is 5.75 Å². The topological polar surface area (TPSA) is 38.3 Å². The van der Waals surface area contributed by atoms with Crippen molar-refractivity contribution < 1.29 is 9.53 Å². The summed E-state index contributed by atoms with van der Waals surface area (Å²) in [7, 11) is 0. The Morgan fingerprint density at radius 1 is 0.960 bits per heavy atom. The number of nitrogens with one attached hydrogen (secondary N) is 1. The van der Waals surface area contributed by atoms with Gasteiger partial charge in [-0.25, -0.2) is 0 Å². The van der Waals surface area contributed by atoms with Gasteiger partial charge in [0.1, 0.15) is 5.75 Å². The lowest BCUT2D eigenvalue weighted by Gasteiger charge is -2.20. The predicted molar refractivity (Wildman–Crippen MR) is 104 cm³/mol. The van der Waals surface area contributed by atoms with Gasteiger partial charge in [-0.05, 0) is 44.9 Å². The fraction of sp³-hybridized carbons (Fsp3) is 0.682. The Kier molecular flexibility index (Phi) is 8.85. The van der Waals surface area contributed by atoms with Crippen LogP contribution in [0.2, 0.25) is 0 Å². The first kappa shape index (κ1) is 19.8. The first-order valence-corrected chi connectivity index (χ1v) is 10.2. The predicted octanol–water partition coefficient (Wildman–Crippen LogP) is 5.88. The standard InChI is InChI=1S/C22H35NO2/c1-18(2)25-21-16-12-13-19(17-21)22(24)23-20-14-10-8-6-4-3-5-7-9-11-15-20/h12-13,16-18,20H,3-11,14-15H2,1-2H3,(H,23,24). The Hall–Kier alpha value is -1.51. The summed E-state index contributed by atoms with van der Waals surface area (Å²) in [6.45, 7) is 4.00. The molecule has 0 aliphatic heterocycles. The van der Waals surface area contributed by atoms with Gasteiger partial charge in [0, 0.05) is 11.6 Å². The normalized spacial score (nSPS) is 18.2. The van der Waals surface area contributed by atoms with E-state index in [1.165, 1.54) is 57.8 Å². The van der Waals surface area contributed by atoms with Gasteiger partial charge in [0.2, 0.25) is 0 Å². The first-order chi connectivity index (χ1) is 12.1.